The average Bonchev–Trinajstić information content (AvgIpc) is 2.45. The van der Waals surface area contributed by atoms with E-state index in [2.05, 4.69) is 22.1 Å². The first-order chi connectivity index (χ1) is 9.65. The zero-order valence-corrected chi connectivity index (χ0v) is 11.6. The second kappa shape index (κ2) is 5.30. The zero-order valence-electron chi connectivity index (χ0n) is 11.6. The summed E-state index contributed by atoms with van der Waals surface area (Å²) in [5.41, 5.74) is 6.52. The van der Waals surface area contributed by atoms with Gasteiger partial charge in [0.1, 0.15) is 5.52 Å². The Hall–Kier alpha value is -1.79. The topological polar surface area (TPSA) is 77.0 Å². The number of rotatable bonds is 2. The van der Waals surface area contributed by atoms with Crippen LogP contribution in [0.4, 0.5) is 0 Å². The van der Waals surface area contributed by atoms with Gasteiger partial charge in [-0.2, -0.15) is 4.68 Å². The Morgan fingerprint density at radius 1 is 1.40 bits per heavy atom. The van der Waals surface area contributed by atoms with Crippen LogP contribution < -0.4 is 11.3 Å². The number of benzene rings is 1. The van der Waals surface area contributed by atoms with Gasteiger partial charge in [0.15, 0.2) is 0 Å². The van der Waals surface area contributed by atoms with Crippen LogP contribution in [0.25, 0.3) is 10.9 Å². The normalized spacial score (nSPS) is 24.1. The predicted molar refractivity (Wildman–Crippen MR) is 77.2 cm³/mol. The minimum absolute atomic E-state index is 0.0855. The largest absolute Gasteiger partial charge is 0.328 e. The maximum absolute atomic E-state index is 12.4. The van der Waals surface area contributed by atoms with Crippen LogP contribution in [-0.4, -0.2) is 38.5 Å². The molecule has 6 nitrogen and oxygen atoms in total. The summed E-state index contributed by atoms with van der Waals surface area (Å²) in [6.07, 6.45) is 1.91. The van der Waals surface area contributed by atoms with Gasteiger partial charge >= 0.3 is 0 Å². The smallest absolute Gasteiger partial charge is 0.278 e. The van der Waals surface area contributed by atoms with Crippen LogP contribution in [0.3, 0.4) is 0 Å². The first-order valence-corrected chi connectivity index (χ1v) is 6.97. The molecule has 2 unspecified atom stereocenters. The van der Waals surface area contributed by atoms with Crippen molar-refractivity contribution in [3.05, 3.63) is 34.6 Å². The summed E-state index contributed by atoms with van der Waals surface area (Å²) >= 11 is 0. The Bertz CT molecular complexity index is 668. The number of hydrogen-bond donors (Lipinski definition) is 1. The number of nitrogens with two attached hydrogens (primary N) is 1. The number of piperidine rings is 1. The van der Waals surface area contributed by atoms with Gasteiger partial charge in [-0.1, -0.05) is 17.3 Å². The highest BCUT2D eigenvalue weighted by Gasteiger charge is 2.23. The van der Waals surface area contributed by atoms with Gasteiger partial charge in [0, 0.05) is 18.6 Å². The van der Waals surface area contributed by atoms with Crippen molar-refractivity contribution in [2.45, 2.75) is 38.5 Å². The second-order valence-corrected chi connectivity index (χ2v) is 5.50. The van der Waals surface area contributed by atoms with E-state index >= 15 is 0 Å². The summed E-state index contributed by atoms with van der Waals surface area (Å²) < 4.78 is 1.44. The fraction of sp³-hybridized carbons (Fsp3) is 0.500. The molecule has 0 bridgehead atoms. The molecule has 2 atom stereocenters. The summed E-state index contributed by atoms with van der Waals surface area (Å²) in [6.45, 7) is 3.51. The Balaban J connectivity index is 1.88. The molecule has 20 heavy (non-hydrogen) atoms. The zero-order chi connectivity index (χ0) is 14.1. The van der Waals surface area contributed by atoms with Crippen molar-refractivity contribution < 1.29 is 0 Å². The molecular weight excluding hydrogens is 254 g/mol. The van der Waals surface area contributed by atoms with Crippen LogP contribution >= 0.6 is 0 Å². The molecule has 2 heterocycles. The van der Waals surface area contributed by atoms with Crippen molar-refractivity contribution >= 4 is 10.9 Å². The number of fused-ring (bicyclic) bond motifs is 1. The van der Waals surface area contributed by atoms with Crippen molar-refractivity contribution in [2.24, 2.45) is 5.73 Å². The average molecular weight is 273 g/mol. The lowest BCUT2D eigenvalue weighted by atomic mass is 10.00. The van der Waals surface area contributed by atoms with E-state index in [4.69, 9.17) is 5.73 Å². The Kier molecular flexibility index (Phi) is 3.50. The molecule has 2 aromatic rings. The van der Waals surface area contributed by atoms with Gasteiger partial charge in [-0.15, -0.1) is 5.10 Å². The van der Waals surface area contributed by atoms with E-state index in [9.17, 15) is 4.79 Å². The van der Waals surface area contributed by atoms with Crippen LogP contribution in [0.15, 0.2) is 29.1 Å². The summed E-state index contributed by atoms with van der Waals surface area (Å²) in [5.74, 6) is 0. The number of aromatic nitrogens is 3. The molecule has 1 aromatic carbocycles. The summed E-state index contributed by atoms with van der Waals surface area (Å²) in [6, 6.07) is 7.92. The van der Waals surface area contributed by atoms with Crippen LogP contribution in [0.1, 0.15) is 19.8 Å². The van der Waals surface area contributed by atoms with Gasteiger partial charge in [0.25, 0.3) is 5.56 Å². The quantitative estimate of drug-likeness (QED) is 0.865. The van der Waals surface area contributed by atoms with Crippen molar-refractivity contribution in [1.29, 1.82) is 0 Å². The van der Waals surface area contributed by atoms with E-state index in [1.165, 1.54) is 4.68 Å². The SMILES string of the molecule is CC1CC(N)CCN1Cn1nnc2ccccc2c1=O. The van der Waals surface area contributed by atoms with Gasteiger partial charge in [-0.3, -0.25) is 9.69 Å². The van der Waals surface area contributed by atoms with Gasteiger partial charge in [0.2, 0.25) is 0 Å². The lowest BCUT2D eigenvalue weighted by Crippen LogP contribution is -2.47. The molecule has 0 aliphatic carbocycles. The van der Waals surface area contributed by atoms with Crippen LogP contribution in [-0.2, 0) is 6.67 Å². The van der Waals surface area contributed by atoms with E-state index < -0.39 is 0 Å². The van der Waals surface area contributed by atoms with E-state index in [1.807, 2.05) is 12.1 Å². The van der Waals surface area contributed by atoms with Crippen molar-refractivity contribution in [1.82, 2.24) is 19.9 Å². The third-order valence-corrected chi connectivity index (χ3v) is 4.00. The first-order valence-electron chi connectivity index (χ1n) is 6.97. The molecule has 0 saturated carbocycles. The van der Waals surface area contributed by atoms with Crippen molar-refractivity contribution in [2.75, 3.05) is 6.54 Å². The molecule has 3 rings (SSSR count). The molecule has 0 spiro atoms. The van der Waals surface area contributed by atoms with E-state index in [0.29, 0.717) is 23.6 Å². The Labute approximate surface area is 117 Å². The molecule has 1 saturated heterocycles. The number of nitrogens with zero attached hydrogens (tertiary/aromatic N) is 4. The summed E-state index contributed by atoms with van der Waals surface area (Å²) in [4.78, 5) is 14.6. The molecule has 106 valence electrons. The molecule has 1 aromatic heterocycles. The number of hydrogen-bond acceptors (Lipinski definition) is 5. The second-order valence-electron chi connectivity index (χ2n) is 5.50. The Morgan fingerprint density at radius 3 is 3.00 bits per heavy atom. The van der Waals surface area contributed by atoms with Crippen LogP contribution in [0.2, 0.25) is 0 Å². The predicted octanol–water partition coefficient (Wildman–Crippen LogP) is 0.561. The van der Waals surface area contributed by atoms with Gasteiger partial charge < -0.3 is 5.73 Å². The highest BCUT2D eigenvalue weighted by atomic mass is 16.1. The monoisotopic (exact) mass is 273 g/mol. The Morgan fingerprint density at radius 2 is 2.20 bits per heavy atom. The third-order valence-electron chi connectivity index (χ3n) is 4.00. The molecule has 1 aliphatic heterocycles. The summed E-state index contributed by atoms with van der Waals surface area (Å²) in [7, 11) is 0. The fourth-order valence-electron chi connectivity index (χ4n) is 2.76. The lowest BCUT2D eigenvalue weighted by Gasteiger charge is -2.35. The molecule has 0 amide bonds. The van der Waals surface area contributed by atoms with Crippen LogP contribution in [0.5, 0.6) is 0 Å². The van der Waals surface area contributed by atoms with Crippen molar-refractivity contribution in [3.63, 3.8) is 0 Å². The van der Waals surface area contributed by atoms with Gasteiger partial charge in [-0.25, -0.2) is 0 Å². The molecular formula is C14H19N5O. The standard InChI is InChI=1S/C14H19N5O/c1-10-8-11(15)6-7-18(10)9-19-14(20)12-4-2-3-5-13(12)16-17-19/h2-5,10-11H,6-9,15H2,1H3. The first kappa shape index (κ1) is 13.2. The highest BCUT2D eigenvalue weighted by Crippen LogP contribution is 2.16. The molecule has 0 radical (unpaired) electrons. The highest BCUT2D eigenvalue weighted by molar-refractivity contribution is 5.76. The van der Waals surface area contributed by atoms with E-state index in [1.54, 1.807) is 12.1 Å². The molecule has 6 heteroatoms. The molecule has 2 N–H and O–H groups in total. The van der Waals surface area contributed by atoms with E-state index in [0.717, 1.165) is 19.4 Å². The molecule has 1 aliphatic rings. The maximum atomic E-state index is 12.4. The summed E-state index contributed by atoms with van der Waals surface area (Å²) in [5, 5.41) is 8.76. The van der Waals surface area contributed by atoms with Gasteiger partial charge in [-0.05, 0) is 31.9 Å². The third kappa shape index (κ3) is 2.44. The van der Waals surface area contributed by atoms with E-state index in [-0.39, 0.29) is 11.6 Å². The fourth-order valence-corrected chi connectivity index (χ4v) is 2.76. The lowest BCUT2D eigenvalue weighted by molar-refractivity contribution is 0.102. The minimum atomic E-state index is -0.0855. The minimum Gasteiger partial charge on any atom is -0.328 e. The van der Waals surface area contributed by atoms with Crippen LogP contribution in [0, 0.1) is 0 Å². The molecule has 1 fully saturated rings. The van der Waals surface area contributed by atoms with Gasteiger partial charge in [0.05, 0.1) is 12.1 Å². The number of likely N-dealkylation sites (tertiary alicyclic amines) is 1. The maximum Gasteiger partial charge on any atom is 0.278 e. The van der Waals surface area contributed by atoms with Crippen molar-refractivity contribution in [3.8, 4) is 0 Å².